The molecule has 2 aromatic rings. The van der Waals surface area contributed by atoms with Crippen molar-refractivity contribution in [3.05, 3.63) is 52.9 Å². The van der Waals surface area contributed by atoms with Crippen molar-refractivity contribution in [2.75, 3.05) is 5.32 Å². The summed E-state index contributed by atoms with van der Waals surface area (Å²) in [7, 11) is 0. The molecule has 1 N–H and O–H groups in total. The van der Waals surface area contributed by atoms with Gasteiger partial charge in [0.1, 0.15) is 11.5 Å². The van der Waals surface area contributed by atoms with Gasteiger partial charge in [-0.05, 0) is 19.9 Å². The first-order valence-corrected chi connectivity index (χ1v) is 8.03. The molecule has 0 aliphatic rings. The van der Waals surface area contributed by atoms with Crippen molar-refractivity contribution in [2.45, 2.75) is 30.8 Å². The van der Waals surface area contributed by atoms with Gasteiger partial charge in [-0.15, -0.1) is 16.8 Å². The summed E-state index contributed by atoms with van der Waals surface area (Å²) in [5, 5.41) is 21.7. The van der Waals surface area contributed by atoms with Crippen LogP contribution in [-0.4, -0.2) is 30.8 Å². The van der Waals surface area contributed by atoms with Crippen molar-refractivity contribution in [1.29, 1.82) is 0 Å². The van der Waals surface area contributed by atoms with E-state index in [-0.39, 0.29) is 17.3 Å². The van der Waals surface area contributed by atoms with Crippen LogP contribution in [0.3, 0.4) is 0 Å². The second-order valence-electron chi connectivity index (χ2n) is 4.95. The van der Waals surface area contributed by atoms with Gasteiger partial charge in [0.25, 0.3) is 5.69 Å². The van der Waals surface area contributed by atoms with Crippen molar-refractivity contribution in [3.63, 3.8) is 0 Å². The Bertz CT molecular complexity index is 774. The Morgan fingerprint density at radius 1 is 1.50 bits per heavy atom. The second-order valence-corrected chi connectivity index (χ2v) is 6.26. The van der Waals surface area contributed by atoms with Crippen LogP contribution in [0.2, 0.25) is 0 Å². The Kier molecular flexibility index (Phi) is 5.69. The number of nitrogens with zero attached hydrogens (tertiary/aromatic N) is 4. The lowest BCUT2D eigenvalue weighted by Crippen LogP contribution is -2.23. The van der Waals surface area contributed by atoms with E-state index in [2.05, 4.69) is 22.1 Å². The quantitative estimate of drug-likeness (QED) is 0.357. The summed E-state index contributed by atoms with van der Waals surface area (Å²) in [6.07, 6.45) is 1.72. The molecular formula is C15H17N5O3S. The Morgan fingerprint density at radius 3 is 2.88 bits per heavy atom. The predicted molar refractivity (Wildman–Crippen MR) is 92.0 cm³/mol. The van der Waals surface area contributed by atoms with Crippen LogP contribution in [0.25, 0.3) is 0 Å². The maximum atomic E-state index is 12.3. The molecule has 1 amide bonds. The third-order valence-corrected chi connectivity index (χ3v) is 4.30. The first-order valence-electron chi connectivity index (χ1n) is 7.15. The second kappa shape index (κ2) is 7.73. The highest BCUT2D eigenvalue weighted by Crippen LogP contribution is 2.26. The number of nitro benzene ring substituents is 1. The molecule has 1 aromatic heterocycles. The van der Waals surface area contributed by atoms with E-state index >= 15 is 0 Å². The van der Waals surface area contributed by atoms with E-state index < -0.39 is 10.2 Å². The Balaban J connectivity index is 2.11. The molecule has 0 spiro atoms. The smallest absolute Gasteiger partial charge is 0.292 e. The number of benzene rings is 1. The first-order chi connectivity index (χ1) is 11.4. The molecule has 0 aliphatic carbocycles. The monoisotopic (exact) mass is 347 g/mol. The van der Waals surface area contributed by atoms with Crippen LogP contribution in [-0.2, 0) is 11.3 Å². The topological polar surface area (TPSA) is 103 Å². The van der Waals surface area contributed by atoms with Gasteiger partial charge in [0.2, 0.25) is 5.91 Å². The number of anilines is 1. The maximum absolute atomic E-state index is 12.3. The maximum Gasteiger partial charge on any atom is 0.292 e. The number of amides is 1. The van der Waals surface area contributed by atoms with Crippen molar-refractivity contribution >= 4 is 29.0 Å². The van der Waals surface area contributed by atoms with Crippen LogP contribution < -0.4 is 5.32 Å². The zero-order valence-electron chi connectivity index (χ0n) is 13.3. The number of nitro groups is 1. The number of aryl methyl sites for hydroxylation is 1. The highest BCUT2D eigenvalue weighted by molar-refractivity contribution is 8.00. The normalized spacial score (nSPS) is 11.8. The minimum atomic E-state index is -0.530. The molecule has 126 valence electrons. The van der Waals surface area contributed by atoms with E-state index in [1.807, 2.05) is 11.5 Å². The lowest BCUT2D eigenvalue weighted by atomic mass is 10.2. The van der Waals surface area contributed by atoms with Crippen molar-refractivity contribution in [1.82, 2.24) is 14.8 Å². The molecule has 0 fully saturated rings. The molecule has 0 saturated heterocycles. The predicted octanol–water partition coefficient (Wildman–Crippen LogP) is 2.80. The molecule has 0 bridgehead atoms. The summed E-state index contributed by atoms with van der Waals surface area (Å²) in [4.78, 5) is 22.8. The van der Waals surface area contributed by atoms with Crippen LogP contribution in [0, 0.1) is 17.0 Å². The SMILES string of the molecule is C=CCn1c(C)nnc1S[C@H](C)C(=O)Nc1ccccc1[N+](=O)[O-]. The van der Waals surface area contributed by atoms with E-state index in [1.165, 1.54) is 23.9 Å². The molecule has 0 radical (unpaired) electrons. The zero-order chi connectivity index (χ0) is 17.7. The summed E-state index contributed by atoms with van der Waals surface area (Å²) in [5.41, 5.74) is 0.0254. The number of carbonyl (C=O) groups excluding carboxylic acids is 1. The van der Waals surface area contributed by atoms with Crippen LogP contribution >= 0.6 is 11.8 Å². The number of aromatic nitrogens is 3. The Morgan fingerprint density at radius 2 is 2.21 bits per heavy atom. The third kappa shape index (κ3) is 3.99. The average molecular weight is 347 g/mol. The summed E-state index contributed by atoms with van der Waals surface area (Å²) < 4.78 is 1.84. The molecule has 1 heterocycles. The number of para-hydroxylation sites is 2. The van der Waals surface area contributed by atoms with Crippen molar-refractivity contribution < 1.29 is 9.72 Å². The summed E-state index contributed by atoms with van der Waals surface area (Å²) in [6.45, 7) is 7.75. The number of nitrogens with one attached hydrogen (secondary N) is 1. The summed E-state index contributed by atoms with van der Waals surface area (Å²) >= 11 is 1.23. The Hall–Kier alpha value is -2.68. The van der Waals surface area contributed by atoms with E-state index in [1.54, 1.807) is 25.1 Å². The summed E-state index contributed by atoms with van der Waals surface area (Å²) in [5.74, 6) is 0.379. The number of hydrogen-bond acceptors (Lipinski definition) is 6. The van der Waals surface area contributed by atoms with Crippen molar-refractivity contribution in [2.24, 2.45) is 0 Å². The van der Waals surface area contributed by atoms with E-state index in [9.17, 15) is 14.9 Å². The fourth-order valence-electron chi connectivity index (χ4n) is 1.97. The number of allylic oxidation sites excluding steroid dienone is 1. The number of rotatable bonds is 7. The lowest BCUT2D eigenvalue weighted by molar-refractivity contribution is -0.383. The highest BCUT2D eigenvalue weighted by atomic mass is 32.2. The van der Waals surface area contributed by atoms with Crippen LogP contribution in [0.1, 0.15) is 12.7 Å². The molecule has 0 saturated carbocycles. The molecule has 24 heavy (non-hydrogen) atoms. The fraction of sp³-hybridized carbons (Fsp3) is 0.267. The number of thioether (sulfide) groups is 1. The van der Waals surface area contributed by atoms with E-state index in [4.69, 9.17) is 0 Å². The van der Waals surface area contributed by atoms with Crippen molar-refractivity contribution in [3.8, 4) is 0 Å². The minimum Gasteiger partial charge on any atom is -0.319 e. The zero-order valence-corrected chi connectivity index (χ0v) is 14.1. The molecule has 1 atom stereocenters. The van der Waals surface area contributed by atoms with Crippen LogP contribution in [0.15, 0.2) is 42.1 Å². The highest BCUT2D eigenvalue weighted by Gasteiger charge is 2.21. The molecule has 8 nitrogen and oxygen atoms in total. The molecular weight excluding hydrogens is 330 g/mol. The molecule has 9 heteroatoms. The average Bonchev–Trinajstić information content (AvgIpc) is 2.88. The standard InChI is InChI=1S/C15H17N5O3S/c1-4-9-19-11(3)17-18-15(19)24-10(2)14(21)16-12-7-5-6-8-13(12)20(22)23/h4-8,10H,1,9H2,2-3H3,(H,16,21)/t10-/m1/s1. The van der Waals surface area contributed by atoms with Gasteiger partial charge >= 0.3 is 0 Å². The van der Waals surface area contributed by atoms with Gasteiger partial charge in [-0.1, -0.05) is 30.0 Å². The van der Waals surface area contributed by atoms with Gasteiger partial charge in [0.05, 0.1) is 10.2 Å². The lowest BCUT2D eigenvalue weighted by Gasteiger charge is -2.12. The fourth-order valence-corrected chi connectivity index (χ4v) is 2.88. The van der Waals surface area contributed by atoms with Gasteiger partial charge < -0.3 is 9.88 Å². The number of carbonyl (C=O) groups is 1. The van der Waals surface area contributed by atoms with Gasteiger partial charge in [0, 0.05) is 12.6 Å². The van der Waals surface area contributed by atoms with Gasteiger partial charge in [-0.2, -0.15) is 0 Å². The van der Waals surface area contributed by atoms with Gasteiger partial charge in [-0.3, -0.25) is 14.9 Å². The summed E-state index contributed by atoms with van der Waals surface area (Å²) in [6, 6.07) is 6.02. The number of hydrogen-bond donors (Lipinski definition) is 1. The van der Waals surface area contributed by atoms with E-state index in [0.717, 1.165) is 5.82 Å². The molecule has 0 aliphatic heterocycles. The first kappa shape index (κ1) is 17.7. The molecule has 0 unspecified atom stereocenters. The van der Waals surface area contributed by atoms with Gasteiger partial charge in [-0.25, -0.2) is 0 Å². The molecule has 2 rings (SSSR count). The Labute approximate surface area is 143 Å². The van der Waals surface area contributed by atoms with Gasteiger partial charge in [0.15, 0.2) is 5.16 Å². The largest absolute Gasteiger partial charge is 0.319 e. The third-order valence-electron chi connectivity index (χ3n) is 3.22. The van der Waals surface area contributed by atoms with Crippen LogP contribution in [0.5, 0.6) is 0 Å². The van der Waals surface area contributed by atoms with Crippen LogP contribution in [0.4, 0.5) is 11.4 Å². The van der Waals surface area contributed by atoms with E-state index in [0.29, 0.717) is 11.7 Å². The minimum absolute atomic E-state index is 0.145. The molecule has 1 aromatic carbocycles.